The van der Waals surface area contributed by atoms with Crippen LogP contribution in [0.3, 0.4) is 0 Å². The van der Waals surface area contributed by atoms with Crippen molar-refractivity contribution in [2.24, 2.45) is 0 Å². The fourth-order valence-corrected chi connectivity index (χ4v) is 3.04. The summed E-state index contributed by atoms with van der Waals surface area (Å²) in [5, 5.41) is 0. The Kier molecular flexibility index (Phi) is 4.61. The predicted molar refractivity (Wildman–Crippen MR) is 69.3 cm³/mol. The van der Waals surface area contributed by atoms with Gasteiger partial charge in [0.2, 0.25) is 0 Å². The minimum absolute atomic E-state index is 0.0638. The molecule has 86 valence electrons. The highest BCUT2D eigenvalue weighted by Gasteiger charge is 2.28. The fourth-order valence-electron chi connectivity index (χ4n) is 0.860. The van der Waals surface area contributed by atoms with Crippen molar-refractivity contribution in [3.8, 4) is 0 Å². The van der Waals surface area contributed by atoms with Crippen molar-refractivity contribution >= 4 is 38.6 Å². The van der Waals surface area contributed by atoms with Gasteiger partial charge in [0.25, 0.3) is 0 Å². The summed E-state index contributed by atoms with van der Waals surface area (Å²) in [5.74, 6) is 0. The summed E-state index contributed by atoms with van der Waals surface area (Å²) >= 11 is 3.82. The Hall–Kier alpha value is 0.380. The number of nitrogens with zero attached hydrogens (tertiary/aromatic N) is 1. The number of hydrogen-bond donors (Lipinski definition) is 1. The van der Waals surface area contributed by atoms with Crippen LogP contribution in [0.15, 0.2) is 10.1 Å². The molecule has 0 bridgehead atoms. The van der Waals surface area contributed by atoms with Gasteiger partial charge in [-0.2, -0.15) is 0 Å². The molecule has 1 rings (SSSR count). The summed E-state index contributed by atoms with van der Waals surface area (Å²) < 4.78 is 15.5. The summed E-state index contributed by atoms with van der Waals surface area (Å²) in [6.07, 6.45) is 1.80. The van der Waals surface area contributed by atoms with Crippen molar-refractivity contribution < 1.29 is 4.55 Å². The van der Waals surface area contributed by atoms with E-state index in [2.05, 4.69) is 25.6 Å². The maximum atomic E-state index is 11.8. The molecule has 0 spiro atoms. The second-order valence-corrected chi connectivity index (χ2v) is 8.57. The molecular weight excluding hydrogens is 296 g/mol. The summed E-state index contributed by atoms with van der Waals surface area (Å²) in [6, 6.07) is 0.0638. The van der Waals surface area contributed by atoms with Crippen molar-refractivity contribution in [3.05, 3.63) is 15.0 Å². The number of rotatable bonds is 3. The zero-order chi connectivity index (χ0) is 11.6. The third kappa shape index (κ3) is 4.03. The third-order valence-corrected chi connectivity index (χ3v) is 5.10. The minimum atomic E-state index is -1.05. The Morgan fingerprint density at radius 1 is 1.60 bits per heavy atom. The molecule has 0 aliphatic rings. The van der Waals surface area contributed by atoms with Gasteiger partial charge in [-0.3, -0.25) is 0 Å². The number of nitrogens with one attached hydrogen (secondary N) is 1. The van der Waals surface area contributed by atoms with Gasteiger partial charge in [-0.15, -0.1) is 16.1 Å². The van der Waals surface area contributed by atoms with Crippen LogP contribution in [0.4, 0.5) is 0 Å². The van der Waals surface area contributed by atoms with Crippen molar-refractivity contribution in [2.45, 2.75) is 38.5 Å². The van der Waals surface area contributed by atoms with Gasteiger partial charge < -0.3 is 4.55 Å². The van der Waals surface area contributed by atoms with Crippen LogP contribution in [0.1, 0.15) is 38.6 Å². The van der Waals surface area contributed by atoms with Gasteiger partial charge in [0.1, 0.15) is 4.75 Å². The van der Waals surface area contributed by atoms with Crippen LogP contribution >= 0.6 is 27.3 Å². The lowest BCUT2D eigenvalue weighted by molar-refractivity contribution is 0.532. The fraction of sp³-hybridized carbons (Fsp3) is 0.667. The van der Waals surface area contributed by atoms with Crippen LogP contribution in [-0.2, 0) is 11.4 Å². The molecule has 0 aliphatic carbocycles. The number of hydrogen-bond acceptors (Lipinski definition) is 4. The average Bonchev–Trinajstić information content (AvgIpc) is 2.50. The lowest BCUT2D eigenvalue weighted by Crippen LogP contribution is -2.40. The normalized spacial score (nSPS) is 16.4. The average molecular weight is 311 g/mol. The number of aromatic nitrogens is 1. The van der Waals surface area contributed by atoms with E-state index in [-0.39, 0.29) is 10.8 Å². The standard InChI is InChI=1S/C9H15BrN2OS2/c1-6(7-5-11-8(10)14-7)12-15(13)9(2,3)4/h5-6,12H,1-4H3/t6?,15-/m0/s1. The highest BCUT2D eigenvalue weighted by Crippen LogP contribution is 2.26. The van der Waals surface area contributed by atoms with Gasteiger partial charge in [-0.25, -0.2) is 4.98 Å². The van der Waals surface area contributed by atoms with Crippen LogP contribution in [0, 0.1) is 0 Å². The van der Waals surface area contributed by atoms with Gasteiger partial charge in [-0.05, 0) is 43.6 Å². The molecule has 1 aromatic rings. The van der Waals surface area contributed by atoms with E-state index in [1.807, 2.05) is 27.7 Å². The summed E-state index contributed by atoms with van der Waals surface area (Å²) in [6.45, 7) is 7.84. The molecule has 6 heteroatoms. The van der Waals surface area contributed by atoms with Crippen LogP contribution < -0.4 is 4.72 Å². The molecule has 1 N–H and O–H groups in total. The molecule has 0 radical (unpaired) electrons. The maximum absolute atomic E-state index is 11.8. The molecule has 0 aliphatic heterocycles. The largest absolute Gasteiger partial charge is 0.598 e. The summed E-state index contributed by atoms with van der Waals surface area (Å²) in [5.41, 5.74) is 0. The quantitative estimate of drug-likeness (QED) is 0.873. The minimum Gasteiger partial charge on any atom is -0.598 e. The molecule has 0 amide bonds. The zero-order valence-electron chi connectivity index (χ0n) is 9.20. The summed E-state index contributed by atoms with van der Waals surface area (Å²) in [7, 11) is 0. The predicted octanol–water partition coefficient (Wildman–Crippen LogP) is 3.02. The molecule has 15 heavy (non-hydrogen) atoms. The Morgan fingerprint density at radius 2 is 2.20 bits per heavy atom. The molecule has 3 nitrogen and oxygen atoms in total. The molecule has 0 fully saturated rings. The Labute approximate surface area is 106 Å². The van der Waals surface area contributed by atoms with Crippen molar-refractivity contribution in [1.29, 1.82) is 0 Å². The van der Waals surface area contributed by atoms with Gasteiger partial charge in [0.15, 0.2) is 3.92 Å². The molecule has 0 saturated heterocycles. The van der Waals surface area contributed by atoms with E-state index in [0.29, 0.717) is 0 Å². The van der Waals surface area contributed by atoms with Crippen molar-refractivity contribution in [2.75, 3.05) is 0 Å². The van der Waals surface area contributed by atoms with Crippen molar-refractivity contribution in [3.63, 3.8) is 0 Å². The first-order chi connectivity index (χ1) is 6.80. The van der Waals surface area contributed by atoms with Gasteiger partial charge in [0.05, 0.1) is 6.04 Å². The van der Waals surface area contributed by atoms with E-state index < -0.39 is 11.4 Å². The lowest BCUT2D eigenvalue weighted by atomic mass is 10.3. The lowest BCUT2D eigenvalue weighted by Gasteiger charge is -2.25. The number of thiazole rings is 1. The molecule has 1 heterocycles. The summed E-state index contributed by atoms with van der Waals surface area (Å²) in [4.78, 5) is 5.19. The molecule has 0 aromatic carbocycles. The molecular formula is C9H15BrN2OS2. The molecule has 2 atom stereocenters. The Bertz CT molecular complexity index is 324. The molecule has 1 aromatic heterocycles. The topological polar surface area (TPSA) is 48.0 Å². The van der Waals surface area contributed by atoms with Gasteiger partial charge >= 0.3 is 0 Å². The van der Waals surface area contributed by atoms with Gasteiger partial charge in [0, 0.05) is 22.4 Å². The van der Waals surface area contributed by atoms with E-state index in [1.54, 1.807) is 17.5 Å². The molecule has 1 unspecified atom stereocenters. The Balaban J connectivity index is 2.60. The maximum Gasteiger partial charge on any atom is 0.159 e. The Morgan fingerprint density at radius 3 is 2.60 bits per heavy atom. The number of halogens is 1. The van der Waals surface area contributed by atoms with Gasteiger partial charge in [-0.1, -0.05) is 0 Å². The monoisotopic (exact) mass is 310 g/mol. The molecule has 0 saturated carbocycles. The second-order valence-electron chi connectivity index (χ2n) is 4.24. The highest BCUT2D eigenvalue weighted by molar-refractivity contribution is 9.11. The first-order valence-electron chi connectivity index (χ1n) is 4.60. The van der Waals surface area contributed by atoms with Crippen LogP contribution in [-0.4, -0.2) is 14.3 Å². The third-order valence-electron chi connectivity index (χ3n) is 1.76. The first-order valence-corrected chi connectivity index (χ1v) is 7.36. The van der Waals surface area contributed by atoms with Crippen LogP contribution in [0.2, 0.25) is 0 Å². The van der Waals surface area contributed by atoms with E-state index in [9.17, 15) is 4.55 Å². The SMILES string of the molecule is CC(N[S@@+]([O-])C(C)(C)C)c1cnc(Br)s1. The van der Waals surface area contributed by atoms with E-state index in [4.69, 9.17) is 0 Å². The van der Waals surface area contributed by atoms with E-state index in [0.717, 1.165) is 8.79 Å². The zero-order valence-corrected chi connectivity index (χ0v) is 12.4. The van der Waals surface area contributed by atoms with Crippen LogP contribution in [0.25, 0.3) is 0 Å². The second kappa shape index (κ2) is 5.14. The van der Waals surface area contributed by atoms with E-state index in [1.165, 1.54) is 0 Å². The highest BCUT2D eigenvalue weighted by atomic mass is 79.9. The van der Waals surface area contributed by atoms with Crippen molar-refractivity contribution in [1.82, 2.24) is 9.71 Å². The van der Waals surface area contributed by atoms with E-state index >= 15 is 0 Å². The van der Waals surface area contributed by atoms with Crippen LogP contribution in [0.5, 0.6) is 0 Å². The first kappa shape index (κ1) is 13.4. The smallest absolute Gasteiger partial charge is 0.159 e.